The van der Waals surface area contributed by atoms with Crippen LogP contribution in [0.3, 0.4) is 0 Å². The number of hydrogen-bond donors (Lipinski definition) is 0. The van der Waals surface area contributed by atoms with E-state index >= 15 is 0 Å². The lowest BCUT2D eigenvalue weighted by atomic mass is 9.87. The molecule has 0 aliphatic carbocycles. The van der Waals surface area contributed by atoms with Crippen LogP contribution in [0.25, 0.3) is 10.4 Å². The minimum atomic E-state index is -1.18. The fourth-order valence-electron chi connectivity index (χ4n) is 4.27. The third-order valence-corrected chi connectivity index (χ3v) is 6.34. The van der Waals surface area contributed by atoms with E-state index in [-0.39, 0.29) is 24.7 Å². The second-order valence-electron chi connectivity index (χ2n) is 9.00. The molecule has 4 rings (SSSR count). The number of rotatable bonds is 10. The van der Waals surface area contributed by atoms with Gasteiger partial charge in [-0.15, -0.1) is 0 Å². The average Bonchev–Trinajstić information content (AvgIpc) is 3.01. The van der Waals surface area contributed by atoms with Crippen molar-refractivity contribution in [1.82, 2.24) is 4.90 Å². The van der Waals surface area contributed by atoms with Crippen molar-refractivity contribution in [3.63, 3.8) is 0 Å². The normalized spacial score (nSPS) is 16.2. The molecule has 3 atom stereocenters. The van der Waals surface area contributed by atoms with Gasteiger partial charge in [-0.2, -0.15) is 0 Å². The van der Waals surface area contributed by atoms with Crippen molar-refractivity contribution in [2.75, 3.05) is 7.11 Å². The first-order valence-corrected chi connectivity index (χ1v) is 12.7. The largest absolute Gasteiger partial charge is 0.514 e. The molecule has 13 nitrogen and oxygen atoms in total. The molecule has 42 heavy (non-hydrogen) atoms. The smallest absolute Gasteiger partial charge is 0.467 e. The number of esters is 1. The van der Waals surface area contributed by atoms with Crippen molar-refractivity contribution < 1.29 is 42.9 Å². The van der Waals surface area contributed by atoms with E-state index in [0.717, 1.165) is 5.56 Å². The molecule has 1 aliphatic heterocycles. The number of ether oxygens (including phenoxy) is 5. The molecule has 1 aliphatic rings. The predicted octanol–water partition coefficient (Wildman–Crippen LogP) is 5.24. The zero-order chi connectivity index (χ0) is 30.1. The molecular formula is C29H26N4O9. The van der Waals surface area contributed by atoms with Gasteiger partial charge in [0.25, 0.3) is 0 Å². The highest BCUT2D eigenvalue weighted by molar-refractivity contribution is 5.94. The van der Waals surface area contributed by atoms with Gasteiger partial charge in [-0.05, 0) is 41.3 Å². The molecule has 1 amide bonds. The summed E-state index contributed by atoms with van der Waals surface area (Å²) in [6, 6.07) is 18.8. The van der Waals surface area contributed by atoms with Crippen molar-refractivity contribution in [3.05, 3.63) is 106 Å². The van der Waals surface area contributed by atoms with E-state index in [9.17, 15) is 19.2 Å². The Bertz CT molecular complexity index is 1490. The zero-order valence-corrected chi connectivity index (χ0v) is 22.6. The predicted molar refractivity (Wildman–Crippen MR) is 145 cm³/mol. The second kappa shape index (κ2) is 13.7. The maximum atomic E-state index is 12.7. The fraction of sp³-hybridized carbons (Fsp3) is 0.241. The fourth-order valence-corrected chi connectivity index (χ4v) is 4.27. The first-order valence-electron chi connectivity index (χ1n) is 12.7. The maximum Gasteiger partial charge on any atom is 0.514 e. The SMILES string of the molecule is COC(=O)C(C)N1C(=O)C(N=[N+]=[N-])C1c1ccc(OC(=O)OCc2ccccc2)c(OC(=O)OCc2ccccc2)c1. The van der Waals surface area contributed by atoms with Gasteiger partial charge >= 0.3 is 18.3 Å². The summed E-state index contributed by atoms with van der Waals surface area (Å²) in [5.41, 5.74) is 10.8. The van der Waals surface area contributed by atoms with Crippen LogP contribution in [0.1, 0.15) is 29.7 Å². The number of carbonyl (C=O) groups excluding carboxylic acids is 4. The Balaban J connectivity index is 1.59. The molecule has 0 bridgehead atoms. The summed E-state index contributed by atoms with van der Waals surface area (Å²) in [5.74, 6) is -1.71. The van der Waals surface area contributed by atoms with Crippen LogP contribution in [0.15, 0.2) is 84.0 Å². The van der Waals surface area contributed by atoms with E-state index in [2.05, 4.69) is 10.0 Å². The topological polar surface area (TPSA) is 166 Å². The summed E-state index contributed by atoms with van der Waals surface area (Å²) in [6.45, 7) is 1.31. The zero-order valence-electron chi connectivity index (χ0n) is 22.6. The third-order valence-electron chi connectivity index (χ3n) is 6.34. The van der Waals surface area contributed by atoms with Gasteiger partial charge < -0.3 is 28.6 Å². The van der Waals surface area contributed by atoms with Gasteiger partial charge in [0.15, 0.2) is 11.5 Å². The molecule has 3 aromatic rings. The number of likely N-dealkylation sites (tertiary alicyclic amines) is 1. The van der Waals surface area contributed by atoms with Crippen LogP contribution in [0, 0.1) is 0 Å². The average molecular weight is 575 g/mol. The van der Waals surface area contributed by atoms with Crippen LogP contribution < -0.4 is 9.47 Å². The van der Waals surface area contributed by atoms with Crippen LogP contribution in [0.5, 0.6) is 11.5 Å². The quantitative estimate of drug-likeness (QED) is 0.0598. The number of hydrogen-bond acceptors (Lipinski definition) is 10. The lowest BCUT2D eigenvalue weighted by molar-refractivity contribution is -0.165. The molecular weight excluding hydrogens is 548 g/mol. The van der Waals surface area contributed by atoms with E-state index in [4.69, 9.17) is 29.2 Å². The molecule has 3 aromatic carbocycles. The Labute approximate surface area is 240 Å². The van der Waals surface area contributed by atoms with Crippen molar-refractivity contribution in [3.8, 4) is 11.5 Å². The highest BCUT2D eigenvalue weighted by Gasteiger charge is 2.51. The van der Waals surface area contributed by atoms with Crippen molar-refractivity contribution in [2.24, 2.45) is 5.11 Å². The van der Waals surface area contributed by atoms with E-state index in [0.29, 0.717) is 11.1 Å². The molecule has 0 N–H and O–H groups in total. The van der Waals surface area contributed by atoms with Gasteiger partial charge in [0.1, 0.15) is 25.3 Å². The van der Waals surface area contributed by atoms with Crippen LogP contribution >= 0.6 is 0 Å². The van der Waals surface area contributed by atoms with Gasteiger partial charge in [-0.1, -0.05) is 71.8 Å². The van der Waals surface area contributed by atoms with Gasteiger partial charge in [0, 0.05) is 4.91 Å². The van der Waals surface area contributed by atoms with Crippen molar-refractivity contribution >= 4 is 24.2 Å². The molecule has 0 saturated carbocycles. The minimum absolute atomic E-state index is 0.0640. The van der Waals surface area contributed by atoms with Gasteiger partial charge in [-0.3, -0.25) is 4.79 Å². The Morgan fingerprint density at radius 1 is 0.881 bits per heavy atom. The molecule has 1 saturated heterocycles. The van der Waals surface area contributed by atoms with Crippen LogP contribution in [-0.2, 0) is 37.0 Å². The van der Waals surface area contributed by atoms with Crippen molar-refractivity contribution in [2.45, 2.75) is 38.3 Å². The number of carbonyl (C=O) groups is 4. The van der Waals surface area contributed by atoms with Crippen molar-refractivity contribution in [1.29, 1.82) is 0 Å². The second-order valence-corrected chi connectivity index (χ2v) is 9.00. The lowest BCUT2D eigenvalue weighted by Gasteiger charge is -2.47. The first-order chi connectivity index (χ1) is 20.3. The summed E-state index contributed by atoms with van der Waals surface area (Å²) in [5, 5.41) is 3.56. The van der Waals surface area contributed by atoms with Crippen LogP contribution in [-0.4, -0.2) is 48.3 Å². The van der Waals surface area contributed by atoms with Gasteiger partial charge in [-0.25, -0.2) is 14.4 Å². The Morgan fingerprint density at radius 3 is 1.95 bits per heavy atom. The molecule has 0 radical (unpaired) electrons. The molecule has 216 valence electrons. The van der Waals surface area contributed by atoms with Crippen LogP contribution in [0.2, 0.25) is 0 Å². The van der Waals surface area contributed by atoms with E-state index in [1.807, 2.05) is 12.1 Å². The maximum absolute atomic E-state index is 12.7. The molecule has 0 spiro atoms. The van der Waals surface area contributed by atoms with Gasteiger partial charge in [0.05, 0.1) is 13.2 Å². The minimum Gasteiger partial charge on any atom is -0.467 e. The Kier molecular flexibility index (Phi) is 9.59. The highest BCUT2D eigenvalue weighted by Crippen LogP contribution is 2.42. The van der Waals surface area contributed by atoms with E-state index in [1.54, 1.807) is 48.5 Å². The van der Waals surface area contributed by atoms with E-state index in [1.165, 1.54) is 37.1 Å². The molecule has 1 fully saturated rings. The highest BCUT2D eigenvalue weighted by atomic mass is 16.7. The summed E-state index contributed by atoms with van der Waals surface area (Å²) in [6.07, 6.45) is -2.17. The lowest BCUT2D eigenvalue weighted by Crippen LogP contribution is -2.62. The molecule has 13 heteroatoms. The number of nitrogens with zero attached hydrogens (tertiary/aromatic N) is 4. The number of azide groups is 1. The van der Waals surface area contributed by atoms with Crippen LogP contribution in [0.4, 0.5) is 9.59 Å². The first kappa shape index (κ1) is 29.4. The van der Waals surface area contributed by atoms with E-state index < -0.39 is 42.3 Å². The Morgan fingerprint density at radius 2 is 1.43 bits per heavy atom. The summed E-state index contributed by atoms with van der Waals surface area (Å²) in [7, 11) is 1.18. The molecule has 0 aromatic heterocycles. The van der Waals surface area contributed by atoms with Gasteiger partial charge in [0.2, 0.25) is 5.91 Å². The summed E-state index contributed by atoms with van der Waals surface area (Å²) in [4.78, 5) is 54.0. The standard InChI is InChI=1S/C29H26N4O9/c1-18(27(35)38-2)33-25(24(26(33)34)31-32-30)21-13-14-22(41-28(36)39-16-19-9-5-3-6-10-19)23(15-21)42-29(37)40-17-20-11-7-4-8-12-20/h3-15,18,24-25H,16-17H2,1-2H3. The molecule has 1 heterocycles. The molecule has 3 unspecified atom stereocenters. The number of amides is 1. The summed E-state index contributed by atoms with van der Waals surface area (Å²) >= 11 is 0. The summed E-state index contributed by atoms with van der Waals surface area (Å²) < 4.78 is 25.8. The number of β-lactam (4-membered cyclic amide) rings is 1. The monoisotopic (exact) mass is 574 g/mol. The Hall–Kier alpha value is -5.55. The third kappa shape index (κ3) is 6.95. The number of benzene rings is 3. The number of methoxy groups -OCH3 is 1.